The van der Waals surface area contributed by atoms with E-state index in [0.717, 1.165) is 28.1 Å². The van der Waals surface area contributed by atoms with Crippen LogP contribution >= 0.6 is 0 Å². The van der Waals surface area contributed by atoms with Gasteiger partial charge in [0.1, 0.15) is 17.2 Å². The summed E-state index contributed by atoms with van der Waals surface area (Å²) in [6, 6.07) is 5.64. The second kappa shape index (κ2) is 4.73. The van der Waals surface area contributed by atoms with Gasteiger partial charge >= 0.3 is 0 Å². The zero-order chi connectivity index (χ0) is 14.1. The first-order chi connectivity index (χ1) is 9.61. The van der Waals surface area contributed by atoms with Crippen molar-refractivity contribution in [1.82, 2.24) is 19.9 Å². The summed E-state index contributed by atoms with van der Waals surface area (Å²) in [6.07, 6.45) is 3.42. The monoisotopic (exact) mass is 267 g/mol. The standard InChI is InChI=1S/C14H13N5O/c1-8-17-12-5-11(7-16-14(12)18-8)10-3-4-15-13(6-10)19-9(2)20/h3-7H,1-2H3,(H,15,19,20)(H,16,17,18). The molecule has 0 radical (unpaired) electrons. The first kappa shape index (κ1) is 12.3. The number of H-pyrrole nitrogens is 1. The molecule has 0 aromatic carbocycles. The van der Waals surface area contributed by atoms with Crippen molar-refractivity contribution in [2.45, 2.75) is 13.8 Å². The van der Waals surface area contributed by atoms with Gasteiger partial charge in [0.25, 0.3) is 0 Å². The van der Waals surface area contributed by atoms with Gasteiger partial charge in [-0.25, -0.2) is 15.0 Å². The van der Waals surface area contributed by atoms with Gasteiger partial charge in [0.15, 0.2) is 5.65 Å². The molecular formula is C14H13N5O. The Balaban J connectivity index is 2.03. The van der Waals surface area contributed by atoms with Crippen LogP contribution in [0, 0.1) is 6.92 Å². The number of pyridine rings is 2. The maximum absolute atomic E-state index is 11.1. The van der Waals surface area contributed by atoms with Gasteiger partial charge in [0.05, 0.1) is 0 Å². The van der Waals surface area contributed by atoms with Crippen LogP contribution in [0.3, 0.4) is 0 Å². The van der Waals surface area contributed by atoms with Crippen molar-refractivity contribution in [2.24, 2.45) is 0 Å². The van der Waals surface area contributed by atoms with E-state index in [9.17, 15) is 4.79 Å². The van der Waals surface area contributed by atoms with Crippen molar-refractivity contribution in [3.05, 3.63) is 36.4 Å². The maximum atomic E-state index is 11.1. The predicted octanol–water partition coefficient (Wildman–Crippen LogP) is 2.29. The third kappa shape index (κ3) is 2.35. The van der Waals surface area contributed by atoms with E-state index in [0.29, 0.717) is 5.82 Å². The molecule has 3 rings (SSSR count). The SMILES string of the molecule is CC(=O)Nc1cc(-c2cnc3[nH]c(C)nc3c2)ccn1. The Kier molecular flexibility index (Phi) is 2.90. The van der Waals surface area contributed by atoms with Gasteiger partial charge < -0.3 is 10.3 Å². The Bertz CT molecular complexity index is 793. The molecule has 0 saturated heterocycles. The summed E-state index contributed by atoms with van der Waals surface area (Å²) < 4.78 is 0. The number of carbonyl (C=O) groups excluding carboxylic acids is 1. The number of hydrogen-bond acceptors (Lipinski definition) is 4. The maximum Gasteiger partial charge on any atom is 0.222 e. The average molecular weight is 267 g/mol. The van der Waals surface area contributed by atoms with Gasteiger partial charge in [-0.1, -0.05) is 0 Å². The van der Waals surface area contributed by atoms with E-state index in [1.54, 1.807) is 12.4 Å². The highest BCUT2D eigenvalue weighted by Gasteiger charge is 2.06. The van der Waals surface area contributed by atoms with Gasteiger partial charge in [-0.15, -0.1) is 0 Å². The van der Waals surface area contributed by atoms with Crippen LogP contribution in [0.4, 0.5) is 5.82 Å². The molecular weight excluding hydrogens is 254 g/mol. The predicted molar refractivity (Wildman–Crippen MR) is 76.2 cm³/mol. The third-order valence-corrected chi connectivity index (χ3v) is 2.85. The Morgan fingerprint density at radius 3 is 2.90 bits per heavy atom. The number of hydrogen-bond donors (Lipinski definition) is 2. The molecule has 6 nitrogen and oxygen atoms in total. The van der Waals surface area contributed by atoms with E-state index in [4.69, 9.17) is 0 Å². The molecule has 3 heterocycles. The van der Waals surface area contributed by atoms with E-state index < -0.39 is 0 Å². The highest BCUT2D eigenvalue weighted by molar-refractivity contribution is 5.88. The molecule has 20 heavy (non-hydrogen) atoms. The normalized spacial score (nSPS) is 10.7. The number of nitrogens with zero attached hydrogens (tertiary/aromatic N) is 3. The summed E-state index contributed by atoms with van der Waals surface area (Å²) in [7, 11) is 0. The quantitative estimate of drug-likeness (QED) is 0.746. The number of fused-ring (bicyclic) bond motifs is 1. The van der Waals surface area contributed by atoms with Crippen molar-refractivity contribution in [3.63, 3.8) is 0 Å². The number of carbonyl (C=O) groups is 1. The Morgan fingerprint density at radius 2 is 2.10 bits per heavy atom. The molecule has 0 saturated carbocycles. The third-order valence-electron chi connectivity index (χ3n) is 2.85. The zero-order valence-electron chi connectivity index (χ0n) is 11.1. The van der Waals surface area contributed by atoms with Gasteiger partial charge in [-0.05, 0) is 30.7 Å². The van der Waals surface area contributed by atoms with Gasteiger partial charge in [-0.2, -0.15) is 0 Å². The lowest BCUT2D eigenvalue weighted by Crippen LogP contribution is -2.07. The number of rotatable bonds is 2. The molecule has 0 bridgehead atoms. The molecule has 2 N–H and O–H groups in total. The van der Waals surface area contributed by atoms with E-state index in [-0.39, 0.29) is 5.91 Å². The van der Waals surface area contributed by atoms with Crippen molar-refractivity contribution in [2.75, 3.05) is 5.32 Å². The van der Waals surface area contributed by atoms with E-state index in [2.05, 4.69) is 25.3 Å². The summed E-state index contributed by atoms with van der Waals surface area (Å²) in [5, 5.41) is 2.66. The minimum absolute atomic E-state index is 0.147. The van der Waals surface area contributed by atoms with Crippen LogP contribution in [0.1, 0.15) is 12.7 Å². The van der Waals surface area contributed by atoms with Gasteiger partial charge in [0.2, 0.25) is 5.91 Å². The van der Waals surface area contributed by atoms with Gasteiger partial charge in [0, 0.05) is 24.9 Å². The molecule has 0 atom stereocenters. The number of imidazole rings is 1. The largest absolute Gasteiger partial charge is 0.327 e. The summed E-state index contributed by atoms with van der Waals surface area (Å²) in [4.78, 5) is 27.0. The van der Waals surface area contributed by atoms with Crippen LogP contribution in [0.25, 0.3) is 22.3 Å². The molecule has 6 heteroatoms. The second-order valence-corrected chi connectivity index (χ2v) is 4.52. The van der Waals surface area contributed by atoms with Crippen LogP contribution < -0.4 is 5.32 Å². The molecule has 0 aliphatic carbocycles. The fourth-order valence-electron chi connectivity index (χ4n) is 2.03. The summed E-state index contributed by atoms with van der Waals surface area (Å²) in [6.45, 7) is 3.34. The molecule has 0 aliphatic heterocycles. The second-order valence-electron chi connectivity index (χ2n) is 4.52. The smallest absolute Gasteiger partial charge is 0.222 e. The van der Waals surface area contributed by atoms with Crippen molar-refractivity contribution in [1.29, 1.82) is 0 Å². The molecule has 100 valence electrons. The zero-order valence-corrected chi connectivity index (χ0v) is 11.1. The Hall–Kier alpha value is -2.76. The van der Waals surface area contributed by atoms with E-state index in [1.165, 1.54) is 6.92 Å². The summed E-state index contributed by atoms with van der Waals surface area (Å²) in [5.41, 5.74) is 3.44. The minimum atomic E-state index is -0.147. The van der Waals surface area contributed by atoms with E-state index in [1.807, 2.05) is 25.1 Å². The first-order valence-corrected chi connectivity index (χ1v) is 6.18. The fraction of sp³-hybridized carbons (Fsp3) is 0.143. The number of nitrogens with one attached hydrogen (secondary N) is 2. The molecule has 0 unspecified atom stereocenters. The number of aromatic amines is 1. The number of aromatic nitrogens is 4. The molecule has 0 spiro atoms. The number of anilines is 1. The number of aryl methyl sites for hydroxylation is 1. The van der Waals surface area contributed by atoms with Crippen molar-refractivity contribution < 1.29 is 4.79 Å². The van der Waals surface area contributed by atoms with Crippen LogP contribution in [-0.2, 0) is 4.79 Å². The highest BCUT2D eigenvalue weighted by atomic mass is 16.1. The van der Waals surface area contributed by atoms with Crippen LogP contribution in [0.5, 0.6) is 0 Å². The molecule has 1 amide bonds. The molecule has 3 aromatic heterocycles. The van der Waals surface area contributed by atoms with Gasteiger partial charge in [-0.3, -0.25) is 4.79 Å². The average Bonchev–Trinajstić information content (AvgIpc) is 2.77. The highest BCUT2D eigenvalue weighted by Crippen LogP contribution is 2.23. The Morgan fingerprint density at radius 1 is 1.25 bits per heavy atom. The lowest BCUT2D eigenvalue weighted by molar-refractivity contribution is -0.114. The topological polar surface area (TPSA) is 83.6 Å². The molecule has 0 aliphatic rings. The van der Waals surface area contributed by atoms with Crippen LogP contribution in [0.15, 0.2) is 30.6 Å². The van der Waals surface area contributed by atoms with E-state index >= 15 is 0 Å². The fourth-order valence-corrected chi connectivity index (χ4v) is 2.03. The first-order valence-electron chi connectivity index (χ1n) is 6.18. The lowest BCUT2D eigenvalue weighted by Gasteiger charge is -2.04. The summed E-state index contributed by atoms with van der Waals surface area (Å²) >= 11 is 0. The van der Waals surface area contributed by atoms with Crippen LogP contribution in [0.2, 0.25) is 0 Å². The lowest BCUT2D eigenvalue weighted by atomic mass is 10.1. The molecule has 0 fully saturated rings. The van der Waals surface area contributed by atoms with Crippen molar-refractivity contribution >= 4 is 22.9 Å². The van der Waals surface area contributed by atoms with Crippen molar-refractivity contribution in [3.8, 4) is 11.1 Å². The number of amides is 1. The Labute approximate surface area is 115 Å². The molecule has 3 aromatic rings. The minimum Gasteiger partial charge on any atom is -0.327 e. The summed E-state index contributed by atoms with van der Waals surface area (Å²) in [5.74, 6) is 1.21. The van der Waals surface area contributed by atoms with Crippen LogP contribution in [-0.4, -0.2) is 25.8 Å².